The monoisotopic (exact) mass is 305 g/mol. The molecule has 0 saturated heterocycles. The highest BCUT2D eigenvalue weighted by molar-refractivity contribution is 8.21. The van der Waals surface area contributed by atoms with Gasteiger partial charge in [-0.3, -0.25) is 0 Å². The van der Waals surface area contributed by atoms with Gasteiger partial charge in [0.25, 0.3) is 0 Å². The van der Waals surface area contributed by atoms with E-state index in [-0.39, 0.29) is 10.5 Å². The van der Waals surface area contributed by atoms with Crippen LogP contribution >= 0.6 is 10.5 Å². The minimum Gasteiger partial charge on any atom is -0.399 e. The number of nitrogen functional groups attached to an aromatic ring is 1. The van der Waals surface area contributed by atoms with E-state index in [0.29, 0.717) is 0 Å². The summed E-state index contributed by atoms with van der Waals surface area (Å²) in [5, 5.41) is 4.70. The molecule has 2 aliphatic carbocycles. The summed E-state index contributed by atoms with van der Waals surface area (Å²) in [6, 6.07) is 8.16. The van der Waals surface area contributed by atoms with E-state index in [2.05, 4.69) is 53.3 Å². The number of anilines is 1. The topological polar surface area (TPSA) is 26.0 Å². The van der Waals surface area contributed by atoms with Gasteiger partial charge in [0.15, 0.2) is 0 Å². The lowest BCUT2D eigenvalue weighted by Gasteiger charge is -2.12. The van der Waals surface area contributed by atoms with E-state index >= 15 is 0 Å². The third-order valence-corrected chi connectivity index (χ3v) is 6.27. The number of allylic oxidation sites excluding steroid dienone is 9. The van der Waals surface area contributed by atoms with E-state index in [1.165, 1.54) is 22.3 Å². The van der Waals surface area contributed by atoms with E-state index in [4.69, 9.17) is 5.73 Å². The molecular weight excluding hydrogens is 286 g/mol. The van der Waals surface area contributed by atoms with E-state index in [1.54, 1.807) is 4.91 Å². The summed E-state index contributed by atoms with van der Waals surface area (Å²) in [4.78, 5) is 1.57. The van der Waals surface area contributed by atoms with Crippen molar-refractivity contribution in [1.82, 2.24) is 0 Å². The second kappa shape index (κ2) is 5.62. The molecule has 1 aromatic carbocycles. The first-order chi connectivity index (χ1) is 10.8. The average Bonchev–Trinajstić information content (AvgIpc) is 2.78. The Morgan fingerprint density at radius 1 is 1.14 bits per heavy atom. The molecule has 1 unspecified atom stereocenters. The highest BCUT2D eigenvalue weighted by atomic mass is 32.2. The molecule has 0 amide bonds. The molecule has 0 aromatic heterocycles. The Labute approximate surface area is 134 Å². The Morgan fingerprint density at radius 3 is 3.00 bits per heavy atom. The molecule has 1 aliphatic heterocycles. The number of benzene rings is 1. The summed E-state index contributed by atoms with van der Waals surface area (Å²) < 4.78 is 0. The zero-order chi connectivity index (χ0) is 14.9. The smallest absolute Gasteiger partial charge is 0.0320 e. The predicted molar refractivity (Wildman–Crippen MR) is 98.9 cm³/mol. The summed E-state index contributed by atoms with van der Waals surface area (Å²) in [6.07, 6.45) is 14.8. The molecule has 3 aliphatic rings. The number of hydrogen-bond donors (Lipinski definition) is 1. The van der Waals surface area contributed by atoms with Crippen LogP contribution in [0.1, 0.15) is 24.8 Å². The fourth-order valence-electron chi connectivity index (χ4n) is 3.19. The molecule has 4 rings (SSSR count). The molecule has 0 saturated carbocycles. The van der Waals surface area contributed by atoms with Crippen molar-refractivity contribution in [2.24, 2.45) is 0 Å². The van der Waals surface area contributed by atoms with Crippen molar-refractivity contribution in [3.63, 3.8) is 0 Å². The highest BCUT2D eigenvalue weighted by Gasteiger charge is 2.19. The second-order valence-electron chi connectivity index (χ2n) is 5.83. The fourth-order valence-corrected chi connectivity index (χ4v) is 5.04. The Bertz CT molecular complexity index is 816. The van der Waals surface area contributed by atoms with Gasteiger partial charge in [0.05, 0.1) is 0 Å². The van der Waals surface area contributed by atoms with Crippen LogP contribution in [0.4, 0.5) is 5.69 Å². The first-order valence-corrected chi connectivity index (χ1v) is 9.05. The molecule has 1 aromatic rings. The van der Waals surface area contributed by atoms with Crippen LogP contribution in [0.3, 0.4) is 0 Å². The molecule has 2 heteroatoms. The van der Waals surface area contributed by atoms with E-state index < -0.39 is 0 Å². The van der Waals surface area contributed by atoms with Gasteiger partial charge in [-0.25, -0.2) is 0 Å². The van der Waals surface area contributed by atoms with E-state index in [0.717, 1.165) is 24.9 Å². The lowest BCUT2D eigenvalue weighted by Crippen LogP contribution is -1.92. The van der Waals surface area contributed by atoms with Gasteiger partial charge in [0.1, 0.15) is 0 Å². The van der Waals surface area contributed by atoms with Crippen molar-refractivity contribution < 1.29 is 0 Å². The minimum absolute atomic E-state index is 0.0987. The molecule has 0 fully saturated rings. The maximum atomic E-state index is 5.90. The molecule has 1 nitrogen and oxygen atoms in total. The Kier molecular flexibility index (Phi) is 3.47. The number of rotatable bonds is 1. The number of hydrogen-bond acceptors (Lipinski definition) is 1. The molecule has 0 bridgehead atoms. The largest absolute Gasteiger partial charge is 0.399 e. The molecule has 22 heavy (non-hydrogen) atoms. The van der Waals surface area contributed by atoms with Gasteiger partial charge < -0.3 is 5.73 Å². The molecular formula is C20H19NS. The quantitative estimate of drug-likeness (QED) is 0.568. The van der Waals surface area contributed by atoms with Crippen molar-refractivity contribution in [3.05, 3.63) is 87.2 Å². The van der Waals surface area contributed by atoms with Gasteiger partial charge in [-0.05, 0) is 75.4 Å². The predicted octanol–water partition coefficient (Wildman–Crippen LogP) is 5.08. The van der Waals surface area contributed by atoms with Crippen LogP contribution in [0.2, 0.25) is 0 Å². The summed E-state index contributed by atoms with van der Waals surface area (Å²) >= 11 is 0. The normalized spacial score (nSPS) is 23.0. The van der Waals surface area contributed by atoms with Gasteiger partial charge in [-0.2, -0.15) is 0 Å². The van der Waals surface area contributed by atoms with Gasteiger partial charge in [-0.15, -0.1) is 10.5 Å². The van der Waals surface area contributed by atoms with Crippen molar-refractivity contribution >= 4 is 21.5 Å². The van der Waals surface area contributed by atoms with Crippen LogP contribution in [-0.2, 0) is 0 Å². The number of fused-ring (bicyclic) bond motifs is 1. The van der Waals surface area contributed by atoms with E-state index in [1.807, 2.05) is 12.1 Å². The maximum absolute atomic E-state index is 5.90. The standard InChI is InChI=1S/C20H19NS/c21-19-7-3-4-15(12-19)14-22-11-10-18-13-17-6-2-1-5-16(17)8-9-20(18)22/h1-5,7,10-14H,6,8-9,21H2. The first-order valence-electron chi connectivity index (χ1n) is 7.70. The van der Waals surface area contributed by atoms with Gasteiger partial charge >= 0.3 is 0 Å². The van der Waals surface area contributed by atoms with Crippen molar-refractivity contribution in [1.29, 1.82) is 0 Å². The first kappa shape index (κ1) is 13.6. The Morgan fingerprint density at radius 2 is 2.09 bits per heavy atom. The lowest BCUT2D eigenvalue weighted by atomic mass is 9.95. The third kappa shape index (κ3) is 2.55. The molecule has 2 N–H and O–H groups in total. The molecule has 1 atom stereocenters. The number of nitrogens with two attached hydrogens (primary N) is 1. The summed E-state index contributed by atoms with van der Waals surface area (Å²) in [5.41, 5.74) is 12.4. The minimum atomic E-state index is 0.0987. The molecule has 0 spiro atoms. The summed E-state index contributed by atoms with van der Waals surface area (Å²) in [7, 11) is 0.0987. The van der Waals surface area contributed by atoms with Crippen LogP contribution in [0.25, 0.3) is 0 Å². The third-order valence-electron chi connectivity index (χ3n) is 4.31. The average molecular weight is 305 g/mol. The van der Waals surface area contributed by atoms with Gasteiger partial charge in [0, 0.05) is 5.69 Å². The maximum Gasteiger partial charge on any atom is 0.0320 e. The lowest BCUT2D eigenvalue weighted by molar-refractivity contribution is 0.964. The van der Waals surface area contributed by atoms with E-state index in [9.17, 15) is 0 Å². The summed E-state index contributed by atoms with van der Waals surface area (Å²) in [5.74, 6) is 0. The summed E-state index contributed by atoms with van der Waals surface area (Å²) in [6.45, 7) is 0. The Hall–Kier alpha value is -2.06. The van der Waals surface area contributed by atoms with Crippen LogP contribution < -0.4 is 5.73 Å². The van der Waals surface area contributed by atoms with Crippen molar-refractivity contribution in [3.8, 4) is 0 Å². The van der Waals surface area contributed by atoms with Gasteiger partial charge in [-0.1, -0.05) is 36.4 Å². The highest BCUT2D eigenvalue weighted by Crippen LogP contribution is 2.44. The molecule has 1 heterocycles. The Balaban J connectivity index is 1.71. The zero-order valence-corrected chi connectivity index (χ0v) is 13.3. The van der Waals surface area contributed by atoms with Crippen molar-refractivity contribution in [2.45, 2.75) is 19.3 Å². The molecule has 0 radical (unpaired) electrons. The molecule has 110 valence electrons. The van der Waals surface area contributed by atoms with Crippen molar-refractivity contribution in [2.75, 3.05) is 5.73 Å². The zero-order valence-electron chi connectivity index (χ0n) is 12.5. The fraction of sp³-hybridized carbons (Fsp3) is 0.150. The van der Waals surface area contributed by atoms with Gasteiger partial charge in [0.2, 0.25) is 0 Å². The van der Waals surface area contributed by atoms with Crippen LogP contribution in [0, 0.1) is 0 Å². The van der Waals surface area contributed by atoms with Crippen LogP contribution in [0.5, 0.6) is 0 Å². The van der Waals surface area contributed by atoms with Crippen LogP contribution in [-0.4, -0.2) is 5.37 Å². The second-order valence-corrected chi connectivity index (χ2v) is 7.58. The SMILES string of the molecule is Nc1cccc(C=S2C=CC3=C2CCC2=CC=CCC2=C3)c1. The van der Waals surface area contributed by atoms with Crippen LogP contribution in [0.15, 0.2) is 81.7 Å².